The molecule has 2 aromatic rings. The van der Waals surface area contributed by atoms with Crippen LogP contribution in [0.25, 0.3) is 0 Å². The molecule has 1 heterocycles. The summed E-state index contributed by atoms with van der Waals surface area (Å²) in [7, 11) is 0. The number of carbonyl (C=O) groups excluding carboxylic acids is 4. The number of hydrogen-bond acceptors (Lipinski definition) is 7. The van der Waals surface area contributed by atoms with Gasteiger partial charge in [-0.3, -0.25) is 24.5 Å². The lowest BCUT2D eigenvalue weighted by Crippen LogP contribution is -2.33. The van der Waals surface area contributed by atoms with Gasteiger partial charge in [0.2, 0.25) is 11.8 Å². The van der Waals surface area contributed by atoms with Crippen molar-refractivity contribution < 1.29 is 28.8 Å². The molecule has 3 amide bonds. The van der Waals surface area contributed by atoms with E-state index < -0.39 is 23.4 Å². The van der Waals surface area contributed by atoms with E-state index in [4.69, 9.17) is 4.74 Å². The number of ether oxygens (including phenoxy) is 1. The van der Waals surface area contributed by atoms with Crippen LogP contribution in [0.1, 0.15) is 29.3 Å². The molecule has 2 aromatic carbocycles. The van der Waals surface area contributed by atoms with Gasteiger partial charge in [0.05, 0.1) is 28.0 Å². The van der Waals surface area contributed by atoms with Crippen LogP contribution >= 0.6 is 0 Å². The molecular weight excluding hydrogens is 466 g/mol. The number of hydrogen-bond donors (Lipinski definition) is 1. The number of allylic oxidation sites excluding steroid dienone is 2. The smallest absolute Gasteiger partial charge is 0.338 e. The number of anilines is 2. The van der Waals surface area contributed by atoms with Crippen LogP contribution in [0.4, 0.5) is 17.1 Å². The first kappa shape index (κ1) is 23.4. The molecule has 0 radical (unpaired) electrons. The third-order valence-corrected chi connectivity index (χ3v) is 7.24. The minimum atomic E-state index is -0.807. The van der Waals surface area contributed by atoms with Crippen LogP contribution in [0.3, 0.4) is 0 Å². The Morgan fingerprint density at radius 1 is 1.11 bits per heavy atom. The molecule has 2 aliphatic carbocycles. The number of carbonyl (C=O) groups is 4. The molecule has 4 atom stereocenters. The summed E-state index contributed by atoms with van der Waals surface area (Å²) in [6.07, 6.45) is 2.92. The Labute approximate surface area is 206 Å². The van der Waals surface area contributed by atoms with Crippen molar-refractivity contribution >= 4 is 40.8 Å². The number of nitro benzene ring substituents is 1. The lowest BCUT2D eigenvalue weighted by atomic mass is 9.82. The number of aryl methyl sites for hydroxylation is 1. The number of rotatable bonds is 6. The Morgan fingerprint density at radius 3 is 2.61 bits per heavy atom. The van der Waals surface area contributed by atoms with Crippen LogP contribution in [-0.4, -0.2) is 35.2 Å². The van der Waals surface area contributed by atoms with E-state index in [1.807, 2.05) is 6.92 Å². The molecule has 36 heavy (non-hydrogen) atoms. The summed E-state index contributed by atoms with van der Waals surface area (Å²) < 4.78 is 5.09. The van der Waals surface area contributed by atoms with Crippen molar-refractivity contribution in [3.8, 4) is 0 Å². The normalized spacial score (nSPS) is 23.9. The van der Waals surface area contributed by atoms with Gasteiger partial charge in [-0.05, 0) is 56.4 Å². The van der Waals surface area contributed by atoms with E-state index in [0.717, 1.165) is 16.9 Å². The Balaban J connectivity index is 1.24. The molecule has 3 aliphatic rings. The number of imide groups is 1. The number of fused-ring (bicyclic) bond motifs is 5. The van der Waals surface area contributed by atoms with Gasteiger partial charge < -0.3 is 10.1 Å². The molecule has 5 rings (SSSR count). The molecule has 2 bridgehead atoms. The topological polar surface area (TPSA) is 136 Å². The van der Waals surface area contributed by atoms with Gasteiger partial charge in [0.15, 0.2) is 6.61 Å². The third kappa shape index (κ3) is 3.84. The van der Waals surface area contributed by atoms with Crippen molar-refractivity contribution in [3.63, 3.8) is 0 Å². The van der Waals surface area contributed by atoms with Gasteiger partial charge in [-0.1, -0.05) is 23.8 Å². The zero-order valence-electron chi connectivity index (χ0n) is 19.6. The lowest BCUT2D eigenvalue weighted by molar-refractivity contribution is -0.385. The average molecular weight is 489 g/mol. The highest BCUT2D eigenvalue weighted by atomic mass is 16.6. The van der Waals surface area contributed by atoms with E-state index in [0.29, 0.717) is 11.3 Å². The zero-order valence-corrected chi connectivity index (χ0v) is 19.6. The van der Waals surface area contributed by atoms with Gasteiger partial charge in [-0.25, -0.2) is 9.69 Å². The number of esters is 1. The second-order valence-electron chi connectivity index (χ2n) is 9.41. The van der Waals surface area contributed by atoms with E-state index in [9.17, 15) is 29.3 Å². The van der Waals surface area contributed by atoms with Gasteiger partial charge in [0, 0.05) is 17.3 Å². The number of nitro groups is 1. The highest BCUT2D eigenvalue weighted by Crippen LogP contribution is 2.55. The predicted octanol–water partition coefficient (Wildman–Crippen LogP) is 3.40. The van der Waals surface area contributed by atoms with Gasteiger partial charge in [-0.15, -0.1) is 0 Å². The first-order chi connectivity index (χ1) is 17.2. The molecule has 1 saturated heterocycles. The second-order valence-corrected chi connectivity index (χ2v) is 9.41. The number of amides is 3. The van der Waals surface area contributed by atoms with E-state index in [-0.39, 0.29) is 52.4 Å². The quantitative estimate of drug-likeness (QED) is 0.216. The summed E-state index contributed by atoms with van der Waals surface area (Å²) in [4.78, 5) is 62.8. The summed E-state index contributed by atoms with van der Waals surface area (Å²) in [5.41, 5.74) is 2.03. The molecule has 0 aromatic heterocycles. The Hall–Kier alpha value is -4.34. The summed E-state index contributed by atoms with van der Waals surface area (Å²) >= 11 is 0. The highest BCUT2D eigenvalue weighted by molar-refractivity contribution is 6.23. The summed E-state index contributed by atoms with van der Waals surface area (Å²) in [5, 5.41) is 13.5. The summed E-state index contributed by atoms with van der Waals surface area (Å²) in [5.74, 6) is -2.54. The first-order valence-corrected chi connectivity index (χ1v) is 11.5. The molecular formula is C26H23N3O7. The van der Waals surface area contributed by atoms with Crippen LogP contribution in [0, 0.1) is 40.7 Å². The molecule has 10 heteroatoms. The maximum atomic E-state index is 13.2. The van der Waals surface area contributed by atoms with Crippen molar-refractivity contribution in [2.24, 2.45) is 23.7 Å². The van der Waals surface area contributed by atoms with Crippen molar-refractivity contribution in [1.82, 2.24) is 0 Å². The van der Waals surface area contributed by atoms with E-state index >= 15 is 0 Å². The summed E-state index contributed by atoms with van der Waals surface area (Å²) in [6, 6.07) is 10.2. The van der Waals surface area contributed by atoms with E-state index in [1.165, 1.54) is 30.3 Å². The fourth-order valence-corrected chi connectivity index (χ4v) is 5.60. The van der Waals surface area contributed by atoms with Crippen LogP contribution in [0.15, 0.2) is 54.1 Å². The van der Waals surface area contributed by atoms with Crippen LogP contribution < -0.4 is 10.2 Å². The van der Waals surface area contributed by atoms with Crippen LogP contribution in [0.5, 0.6) is 0 Å². The molecule has 0 unspecified atom stereocenters. The molecule has 1 N–H and O–H groups in total. The average Bonchev–Trinajstić information content (AvgIpc) is 3.48. The molecule has 2 fully saturated rings. The van der Waals surface area contributed by atoms with Crippen molar-refractivity contribution in [2.75, 3.05) is 16.8 Å². The van der Waals surface area contributed by atoms with E-state index in [2.05, 4.69) is 11.4 Å². The van der Waals surface area contributed by atoms with Gasteiger partial charge in [0.1, 0.15) is 0 Å². The standard InChI is InChI=1S/C26H23N3O7/c1-13-6-7-17(11-20(13)29(34)35)27-21(30)12-36-26(33)15-4-3-5-18(9-15)28-24(31)22-16-8-14(2)19(10-16)23(22)25(28)32/h3-9,11,16,19,22-23H,10,12H2,1-2H3,(H,27,30)/t16-,19+,22+,23+/m0/s1. The van der Waals surface area contributed by atoms with Gasteiger partial charge in [0.25, 0.3) is 11.6 Å². The zero-order chi connectivity index (χ0) is 25.7. The maximum Gasteiger partial charge on any atom is 0.338 e. The Kier molecular flexibility index (Phi) is 5.66. The second kappa shape index (κ2) is 8.71. The molecule has 184 valence electrons. The number of nitrogens with zero attached hydrogens (tertiary/aromatic N) is 2. The fourth-order valence-electron chi connectivity index (χ4n) is 5.60. The lowest BCUT2D eigenvalue weighted by Gasteiger charge is -2.19. The molecule has 1 saturated carbocycles. The predicted molar refractivity (Wildman–Crippen MR) is 128 cm³/mol. The van der Waals surface area contributed by atoms with Gasteiger partial charge in [-0.2, -0.15) is 0 Å². The van der Waals surface area contributed by atoms with Crippen molar-refractivity contribution in [2.45, 2.75) is 20.3 Å². The largest absolute Gasteiger partial charge is 0.452 e. The number of nitrogens with one attached hydrogen (secondary N) is 1. The minimum Gasteiger partial charge on any atom is -0.452 e. The molecule has 10 nitrogen and oxygen atoms in total. The summed E-state index contributed by atoms with van der Waals surface area (Å²) in [6.45, 7) is 2.95. The van der Waals surface area contributed by atoms with Crippen LogP contribution in [-0.2, 0) is 19.1 Å². The van der Waals surface area contributed by atoms with Crippen molar-refractivity contribution in [3.05, 3.63) is 75.4 Å². The molecule has 0 spiro atoms. The minimum absolute atomic E-state index is 0.0723. The fraction of sp³-hybridized carbons (Fsp3) is 0.308. The first-order valence-electron chi connectivity index (χ1n) is 11.5. The van der Waals surface area contributed by atoms with Crippen LogP contribution in [0.2, 0.25) is 0 Å². The molecule has 1 aliphatic heterocycles. The Bertz CT molecular complexity index is 1370. The Morgan fingerprint density at radius 2 is 1.86 bits per heavy atom. The van der Waals surface area contributed by atoms with E-state index in [1.54, 1.807) is 19.1 Å². The third-order valence-electron chi connectivity index (χ3n) is 7.24. The maximum absolute atomic E-state index is 13.2. The highest BCUT2D eigenvalue weighted by Gasteiger charge is 2.60. The SMILES string of the molecule is CC1=C[C@H]2C[C@H]1[C@H]1C(=O)N(c3cccc(C(=O)OCC(=O)Nc4ccc(C)c([N+](=O)[O-])c4)c3)C(=O)[C@@H]12. The van der Waals surface area contributed by atoms with Gasteiger partial charge >= 0.3 is 5.97 Å². The van der Waals surface area contributed by atoms with Crippen molar-refractivity contribution in [1.29, 1.82) is 0 Å². The number of benzene rings is 2. The monoisotopic (exact) mass is 489 g/mol.